The Morgan fingerprint density at radius 1 is 1.17 bits per heavy atom. The highest BCUT2D eigenvalue weighted by atomic mass is 16.2. The second-order valence-corrected chi connectivity index (χ2v) is 4.79. The van der Waals surface area contributed by atoms with E-state index in [1.807, 2.05) is 0 Å². The van der Waals surface area contributed by atoms with Gasteiger partial charge in [0.25, 0.3) is 5.91 Å². The molecule has 2 aromatic heterocycles. The molecule has 2 amide bonds. The molecule has 1 aromatic carbocycles. The fourth-order valence-electron chi connectivity index (χ4n) is 2.12. The van der Waals surface area contributed by atoms with Crippen molar-refractivity contribution < 1.29 is 9.59 Å². The number of aromatic nitrogens is 3. The highest BCUT2D eigenvalue weighted by molar-refractivity contribution is 6.00. The first-order valence-corrected chi connectivity index (χ1v) is 6.82. The molecule has 2 heterocycles. The molecule has 4 N–H and O–H groups in total. The Bertz CT molecular complexity index is 914. The first-order valence-electron chi connectivity index (χ1n) is 6.82. The maximum Gasteiger partial charge on any atom is 0.257 e. The summed E-state index contributed by atoms with van der Waals surface area (Å²) in [4.78, 5) is 38.9. The lowest BCUT2D eigenvalue weighted by atomic mass is 10.1. The molecule has 8 heteroatoms. The van der Waals surface area contributed by atoms with Crippen LogP contribution in [0.15, 0.2) is 47.7 Å². The van der Waals surface area contributed by atoms with Crippen LogP contribution in [-0.2, 0) is 4.79 Å². The Kier molecular flexibility index (Phi) is 3.88. The zero-order valence-electron chi connectivity index (χ0n) is 11.9. The van der Waals surface area contributed by atoms with Gasteiger partial charge >= 0.3 is 0 Å². The van der Waals surface area contributed by atoms with Gasteiger partial charge in [0.05, 0.1) is 18.4 Å². The first kappa shape index (κ1) is 14.5. The van der Waals surface area contributed by atoms with Crippen molar-refractivity contribution in [1.29, 1.82) is 0 Å². The van der Waals surface area contributed by atoms with Crippen molar-refractivity contribution in [3.05, 3.63) is 58.6 Å². The smallest absolute Gasteiger partial charge is 0.257 e. The number of benzene rings is 1. The van der Waals surface area contributed by atoms with E-state index in [9.17, 15) is 14.4 Å². The lowest BCUT2D eigenvalue weighted by Gasteiger charge is -2.06. The quantitative estimate of drug-likeness (QED) is 0.564. The number of rotatable bonds is 4. The van der Waals surface area contributed by atoms with Crippen LogP contribution in [0.25, 0.3) is 10.9 Å². The van der Waals surface area contributed by atoms with Crippen LogP contribution in [0.2, 0.25) is 0 Å². The Morgan fingerprint density at radius 2 is 2.00 bits per heavy atom. The molecule has 0 aliphatic heterocycles. The number of anilines is 1. The number of H-pyrrole nitrogens is 2. The van der Waals surface area contributed by atoms with Crippen molar-refractivity contribution in [3.8, 4) is 0 Å². The standard InChI is InChI=1S/C15H13N5O3/c21-13(20-9-5-18-19-6-9)8-17-15(23)11-7-16-12-4-2-1-3-10(12)14(11)22/h1-7H,8H2,(H,16,22)(H,17,23)(H,18,19)(H,20,21). The largest absolute Gasteiger partial charge is 0.360 e. The molecule has 0 aliphatic rings. The average molecular weight is 311 g/mol. The van der Waals surface area contributed by atoms with E-state index in [4.69, 9.17) is 0 Å². The van der Waals surface area contributed by atoms with Crippen molar-refractivity contribution in [1.82, 2.24) is 20.5 Å². The van der Waals surface area contributed by atoms with Crippen LogP contribution in [0.3, 0.4) is 0 Å². The Morgan fingerprint density at radius 3 is 2.78 bits per heavy atom. The number of amides is 2. The van der Waals surface area contributed by atoms with Crippen LogP contribution in [-0.4, -0.2) is 33.5 Å². The van der Waals surface area contributed by atoms with Gasteiger partial charge in [0.2, 0.25) is 11.3 Å². The number of carbonyl (C=O) groups excluding carboxylic acids is 2. The molecule has 0 fully saturated rings. The molecular formula is C15H13N5O3. The summed E-state index contributed by atoms with van der Waals surface area (Å²) in [5, 5.41) is 11.6. The third-order valence-corrected chi connectivity index (χ3v) is 3.22. The third-order valence-electron chi connectivity index (χ3n) is 3.22. The van der Waals surface area contributed by atoms with Gasteiger partial charge in [0.15, 0.2) is 0 Å². The van der Waals surface area contributed by atoms with E-state index < -0.39 is 11.8 Å². The molecule has 3 rings (SSSR count). The first-order chi connectivity index (χ1) is 11.1. The molecule has 0 bridgehead atoms. The van der Waals surface area contributed by atoms with Crippen molar-refractivity contribution in [2.75, 3.05) is 11.9 Å². The maximum absolute atomic E-state index is 12.3. The van der Waals surface area contributed by atoms with Crippen molar-refractivity contribution in [2.45, 2.75) is 0 Å². The van der Waals surface area contributed by atoms with E-state index in [-0.39, 0.29) is 17.5 Å². The SMILES string of the molecule is O=C(CNC(=O)c1c[nH]c2ccccc2c1=O)Nc1cn[nH]c1. The van der Waals surface area contributed by atoms with E-state index >= 15 is 0 Å². The minimum Gasteiger partial charge on any atom is -0.360 e. The van der Waals surface area contributed by atoms with Gasteiger partial charge in [0, 0.05) is 23.3 Å². The topological polar surface area (TPSA) is 120 Å². The molecule has 0 unspecified atom stereocenters. The number of para-hydroxylation sites is 1. The molecule has 0 aliphatic carbocycles. The predicted molar refractivity (Wildman–Crippen MR) is 84.1 cm³/mol. The van der Waals surface area contributed by atoms with E-state index in [0.29, 0.717) is 16.6 Å². The maximum atomic E-state index is 12.3. The third kappa shape index (κ3) is 3.10. The summed E-state index contributed by atoms with van der Waals surface area (Å²) in [6.07, 6.45) is 4.29. The number of nitrogens with one attached hydrogen (secondary N) is 4. The Labute approximate surface area is 129 Å². The van der Waals surface area contributed by atoms with Crippen LogP contribution in [0, 0.1) is 0 Å². The predicted octanol–water partition coefficient (Wildman–Crippen LogP) is 0.620. The Hall–Kier alpha value is -3.42. The van der Waals surface area contributed by atoms with Crippen molar-refractivity contribution >= 4 is 28.4 Å². The lowest BCUT2D eigenvalue weighted by Crippen LogP contribution is -2.35. The molecule has 3 aromatic rings. The van der Waals surface area contributed by atoms with Gasteiger partial charge in [-0.3, -0.25) is 19.5 Å². The minimum absolute atomic E-state index is 0.0418. The number of aromatic amines is 2. The highest BCUT2D eigenvalue weighted by Crippen LogP contribution is 2.07. The zero-order chi connectivity index (χ0) is 16.2. The zero-order valence-corrected chi connectivity index (χ0v) is 11.9. The highest BCUT2D eigenvalue weighted by Gasteiger charge is 2.14. The summed E-state index contributed by atoms with van der Waals surface area (Å²) < 4.78 is 0. The van der Waals surface area contributed by atoms with Gasteiger partial charge in [0.1, 0.15) is 5.56 Å². The second kappa shape index (κ2) is 6.14. The van der Waals surface area contributed by atoms with E-state index in [0.717, 1.165) is 0 Å². The van der Waals surface area contributed by atoms with Crippen molar-refractivity contribution in [3.63, 3.8) is 0 Å². The summed E-state index contributed by atoms with van der Waals surface area (Å²) in [6.45, 7) is -0.254. The number of pyridine rings is 1. The molecule has 116 valence electrons. The van der Waals surface area contributed by atoms with Gasteiger partial charge < -0.3 is 15.6 Å². The summed E-state index contributed by atoms with van der Waals surface area (Å²) in [7, 11) is 0. The van der Waals surface area contributed by atoms with E-state index in [1.165, 1.54) is 18.6 Å². The monoisotopic (exact) mass is 311 g/mol. The fourth-order valence-corrected chi connectivity index (χ4v) is 2.12. The van der Waals surface area contributed by atoms with Gasteiger partial charge in [-0.1, -0.05) is 12.1 Å². The normalized spacial score (nSPS) is 10.4. The molecule has 0 saturated heterocycles. The number of carbonyl (C=O) groups is 2. The summed E-state index contributed by atoms with van der Waals surface area (Å²) in [5.74, 6) is -1.03. The van der Waals surface area contributed by atoms with E-state index in [2.05, 4.69) is 25.8 Å². The lowest BCUT2D eigenvalue weighted by molar-refractivity contribution is -0.115. The Balaban J connectivity index is 1.70. The number of hydrogen-bond donors (Lipinski definition) is 4. The summed E-state index contributed by atoms with van der Waals surface area (Å²) in [5.41, 5.74) is 0.714. The van der Waals surface area contributed by atoms with Crippen LogP contribution in [0.4, 0.5) is 5.69 Å². The molecule has 23 heavy (non-hydrogen) atoms. The van der Waals surface area contributed by atoms with Crippen LogP contribution in [0.1, 0.15) is 10.4 Å². The molecule has 0 saturated carbocycles. The molecule has 0 atom stereocenters. The fraction of sp³-hybridized carbons (Fsp3) is 0.0667. The van der Waals surface area contributed by atoms with Gasteiger partial charge in [-0.25, -0.2) is 0 Å². The van der Waals surface area contributed by atoms with Gasteiger partial charge in [-0.05, 0) is 12.1 Å². The van der Waals surface area contributed by atoms with Crippen LogP contribution >= 0.6 is 0 Å². The molecular weight excluding hydrogens is 298 g/mol. The number of fused-ring (bicyclic) bond motifs is 1. The van der Waals surface area contributed by atoms with Gasteiger partial charge in [-0.2, -0.15) is 5.10 Å². The average Bonchev–Trinajstić information content (AvgIpc) is 3.06. The van der Waals surface area contributed by atoms with Crippen LogP contribution in [0.5, 0.6) is 0 Å². The van der Waals surface area contributed by atoms with Gasteiger partial charge in [-0.15, -0.1) is 0 Å². The summed E-state index contributed by atoms with van der Waals surface area (Å²) in [6, 6.07) is 6.89. The molecule has 0 radical (unpaired) electrons. The van der Waals surface area contributed by atoms with Crippen molar-refractivity contribution in [2.24, 2.45) is 0 Å². The number of nitrogens with zero attached hydrogens (tertiary/aromatic N) is 1. The second-order valence-electron chi connectivity index (χ2n) is 4.79. The summed E-state index contributed by atoms with van der Waals surface area (Å²) >= 11 is 0. The molecule has 8 nitrogen and oxygen atoms in total. The minimum atomic E-state index is -0.612. The van der Waals surface area contributed by atoms with E-state index in [1.54, 1.807) is 24.3 Å². The van der Waals surface area contributed by atoms with Crippen LogP contribution < -0.4 is 16.1 Å². The number of hydrogen-bond acceptors (Lipinski definition) is 4. The molecule has 0 spiro atoms.